The Morgan fingerprint density at radius 1 is 1.18 bits per heavy atom. The van der Waals surface area contributed by atoms with Gasteiger partial charge in [-0.25, -0.2) is 0 Å². The fourth-order valence-corrected chi connectivity index (χ4v) is 3.80. The first-order valence-corrected chi connectivity index (χ1v) is 9.57. The molecule has 2 amide bonds. The lowest BCUT2D eigenvalue weighted by molar-refractivity contribution is -0.142. The molecule has 0 saturated carbocycles. The Balaban J connectivity index is 1.88. The van der Waals surface area contributed by atoms with E-state index in [1.54, 1.807) is 24.3 Å². The maximum Gasteiger partial charge on any atom is 0.254 e. The second-order valence-corrected chi connectivity index (χ2v) is 6.83. The Bertz CT molecular complexity index is 892. The van der Waals surface area contributed by atoms with Crippen LogP contribution in [0.5, 0.6) is 17.2 Å². The van der Waals surface area contributed by atoms with Crippen LogP contribution in [-0.4, -0.2) is 38.0 Å². The van der Waals surface area contributed by atoms with Crippen LogP contribution >= 0.6 is 11.3 Å². The van der Waals surface area contributed by atoms with Crippen LogP contribution in [0.4, 0.5) is 0 Å². The van der Waals surface area contributed by atoms with Crippen molar-refractivity contribution in [2.45, 2.75) is 12.5 Å². The van der Waals surface area contributed by atoms with Crippen LogP contribution in [0.25, 0.3) is 6.08 Å². The molecule has 7 heteroatoms. The first-order valence-electron chi connectivity index (χ1n) is 8.63. The van der Waals surface area contributed by atoms with Gasteiger partial charge in [-0.15, -0.1) is 0 Å². The first-order chi connectivity index (χ1) is 13.6. The molecular formula is C21H21NO5S. The van der Waals surface area contributed by atoms with Crippen molar-refractivity contribution in [1.29, 1.82) is 0 Å². The third-order valence-corrected chi connectivity index (χ3v) is 5.14. The number of carbonyl (C=O) groups is 2. The molecule has 1 atom stereocenters. The van der Waals surface area contributed by atoms with Crippen LogP contribution in [0.2, 0.25) is 0 Å². The number of carbonyl (C=O) groups excluding carboxylic acids is 2. The molecule has 2 aromatic rings. The van der Waals surface area contributed by atoms with Crippen LogP contribution in [0.15, 0.2) is 47.2 Å². The van der Waals surface area contributed by atoms with Gasteiger partial charge in [-0.3, -0.25) is 14.5 Å². The number of imide groups is 1. The zero-order chi connectivity index (χ0) is 20.1. The fraction of sp³-hybridized carbons (Fsp3) is 0.238. The van der Waals surface area contributed by atoms with Crippen molar-refractivity contribution in [2.24, 2.45) is 0 Å². The van der Waals surface area contributed by atoms with Gasteiger partial charge in [-0.05, 0) is 58.7 Å². The second-order valence-electron chi connectivity index (χ2n) is 6.05. The molecule has 0 radical (unpaired) electrons. The summed E-state index contributed by atoms with van der Waals surface area (Å²) >= 11 is 1.54. The number of hydrogen-bond acceptors (Lipinski definition) is 6. The molecule has 0 fully saturated rings. The van der Waals surface area contributed by atoms with Gasteiger partial charge in [0.15, 0.2) is 11.5 Å². The van der Waals surface area contributed by atoms with Gasteiger partial charge in [0.05, 0.1) is 27.4 Å². The Morgan fingerprint density at radius 3 is 2.46 bits per heavy atom. The zero-order valence-corrected chi connectivity index (χ0v) is 16.7. The maximum absolute atomic E-state index is 12.8. The Hall–Kier alpha value is -3.06. The molecule has 0 aliphatic carbocycles. The molecule has 1 aliphatic rings. The van der Waals surface area contributed by atoms with Crippen LogP contribution < -0.4 is 14.2 Å². The van der Waals surface area contributed by atoms with Crippen LogP contribution in [-0.2, 0) is 9.59 Å². The summed E-state index contributed by atoms with van der Waals surface area (Å²) in [7, 11) is 4.58. The Morgan fingerprint density at radius 2 is 1.89 bits per heavy atom. The van der Waals surface area contributed by atoms with Crippen LogP contribution in [0.3, 0.4) is 0 Å². The summed E-state index contributed by atoms with van der Waals surface area (Å²) < 4.78 is 16.0. The molecule has 28 heavy (non-hydrogen) atoms. The van der Waals surface area contributed by atoms with Gasteiger partial charge < -0.3 is 14.2 Å². The molecule has 1 aliphatic heterocycles. The van der Waals surface area contributed by atoms with Gasteiger partial charge in [0.2, 0.25) is 5.75 Å². The molecule has 146 valence electrons. The molecule has 0 spiro atoms. The predicted octanol–water partition coefficient (Wildman–Crippen LogP) is 3.84. The molecule has 2 heterocycles. The van der Waals surface area contributed by atoms with E-state index >= 15 is 0 Å². The lowest BCUT2D eigenvalue weighted by Gasteiger charge is -2.30. The molecule has 3 rings (SSSR count). The summed E-state index contributed by atoms with van der Waals surface area (Å²) in [6, 6.07) is 5.12. The lowest BCUT2D eigenvalue weighted by Crippen LogP contribution is -2.39. The zero-order valence-electron chi connectivity index (χ0n) is 15.9. The van der Waals surface area contributed by atoms with E-state index in [1.165, 1.54) is 49.7 Å². The first kappa shape index (κ1) is 19.7. The molecular weight excluding hydrogens is 378 g/mol. The highest BCUT2D eigenvalue weighted by molar-refractivity contribution is 7.08. The number of thiophene rings is 1. The van der Waals surface area contributed by atoms with Gasteiger partial charge in [0.1, 0.15) is 0 Å². The highest BCUT2D eigenvalue weighted by Crippen LogP contribution is 2.38. The smallest absolute Gasteiger partial charge is 0.254 e. The molecule has 1 aromatic heterocycles. The number of amides is 2. The van der Waals surface area contributed by atoms with Gasteiger partial charge in [0, 0.05) is 6.08 Å². The topological polar surface area (TPSA) is 65.1 Å². The van der Waals surface area contributed by atoms with Gasteiger partial charge >= 0.3 is 0 Å². The van der Waals surface area contributed by atoms with E-state index in [0.29, 0.717) is 29.2 Å². The Labute approximate surface area is 167 Å². The largest absolute Gasteiger partial charge is 0.493 e. The summed E-state index contributed by atoms with van der Waals surface area (Å²) in [5, 5.41) is 3.90. The van der Waals surface area contributed by atoms with Gasteiger partial charge in [-0.2, -0.15) is 11.3 Å². The standard InChI is InChI=1S/C21H21NO5S/c1-25-17-11-14(12-18(26-2)21(17)27-3)7-8-20(24)22-16(5-4-6-19(22)23)15-9-10-28-13-15/h4,6-13,16H,5H2,1-3H3/b8-7+. The maximum atomic E-state index is 12.8. The summed E-state index contributed by atoms with van der Waals surface area (Å²) in [5.74, 6) is 0.757. The van der Waals surface area contributed by atoms with E-state index in [-0.39, 0.29) is 17.9 Å². The molecule has 0 saturated heterocycles. The van der Waals surface area contributed by atoms with E-state index < -0.39 is 0 Å². The minimum atomic E-state index is -0.376. The highest BCUT2D eigenvalue weighted by Gasteiger charge is 2.30. The number of nitrogens with zero attached hydrogens (tertiary/aromatic N) is 1. The van der Waals surface area contributed by atoms with E-state index in [4.69, 9.17) is 14.2 Å². The van der Waals surface area contributed by atoms with Crippen molar-refractivity contribution in [2.75, 3.05) is 21.3 Å². The third-order valence-electron chi connectivity index (χ3n) is 4.44. The molecule has 0 bridgehead atoms. The number of hydrogen-bond donors (Lipinski definition) is 0. The molecule has 6 nitrogen and oxygen atoms in total. The van der Waals surface area contributed by atoms with E-state index in [1.807, 2.05) is 16.8 Å². The number of rotatable bonds is 6. The van der Waals surface area contributed by atoms with Crippen LogP contribution in [0.1, 0.15) is 23.6 Å². The minimum absolute atomic E-state index is 0.291. The lowest BCUT2D eigenvalue weighted by atomic mass is 10.0. The fourth-order valence-electron chi connectivity index (χ4n) is 3.09. The van der Waals surface area contributed by atoms with Crippen molar-refractivity contribution in [3.63, 3.8) is 0 Å². The third kappa shape index (κ3) is 3.94. The number of benzene rings is 1. The average molecular weight is 399 g/mol. The summed E-state index contributed by atoms with van der Waals surface area (Å²) in [6.45, 7) is 0. The second kappa shape index (κ2) is 8.75. The van der Waals surface area contributed by atoms with Crippen molar-refractivity contribution in [1.82, 2.24) is 4.90 Å². The summed E-state index contributed by atoms with van der Waals surface area (Å²) in [5.41, 5.74) is 1.65. The van der Waals surface area contributed by atoms with E-state index in [0.717, 1.165) is 5.56 Å². The average Bonchev–Trinajstić information content (AvgIpc) is 3.25. The van der Waals surface area contributed by atoms with Gasteiger partial charge in [0.25, 0.3) is 11.8 Å². The monoisotopic (exact) mass is 399 g/mol. The van der Waals surface area contributed by atoms with Crippen LogP contribution in [0, 0.1) is 0 Å². The number of ether oxygens (including phenoxy) is 3. The molecule has 0 N–H and O–H groups in total. The minimum Gasteiger partial charge on any atom is -0.493 e. The van der Waals surface area contributed by atoms with Crippen molar-refractivity contribution >= 4 is 29.2 Å². The molecule has 1 aromatic carbocycles. The number of methoxy groups -OCH3 is 3. The normalized spacial score (nSPS) is 16.5. The highest BCUT2D eigenvalue weighted by atomic mass is 32.1. The van der Waals surface area contributed by atoms with E-state index in [2.05, 4.69) is 0 Å². The summed E-state index contributed by atoms with van der Waals surface area (Å²) in [4.78, 5) is 26.5. The predicted molar refractivity (Wildman–Crippen MR) is 108 cm³/mol. The Kier molecular flexibility index (Phi) is 6.16. The summed E-state index contributed by atoms with van der Waals surface area (Å²) in [6.07, 6.45) is 6.86. The SMILES string of the molecule is COc1cc(/C=C/C(=O)N2C(=O)C=CCC2c2ccsc2)cc(OC)c1OC. The van der Waals surface area contributed by atoms with Crippen molar-refractivity contribution in [3.8, 4) is 17.2 Å². The van der Waals surface area contributed by atoms with Crippen molar-refractivity contribution in [3.05, 3.63) is 58.3 Å². The molecule has 1 unspecified atom stereocenters. The quantitative estimate of drug-likeness (QED) is 0.691. The van der Waals surface area contributed by atoms with E-state index in [9.17, 15) is 9.59 Å². The van der Waals surface area contributed by atoms with Gasteiger partial charge in [-0.1, -0.05) is 6.08 Å². The van der Waals surface area contributed by atoms with Crippen molar-refractivity contribution < 1.29 is 23.8 Å².